The third-order valence-corrected chi connectivity index (χ3v) is 9.52. The standard InChI is InChI=1S/C28H43N3O6S/c32-20(8-5-6-12-25-26-24(19-38-25)30-27(33)31-26)9-7-14-35-16-17-36-15-13-29-28(34)37-18-23-21-10-3-1-2-4-11-22(21)23/h21-26H,3-19H2,(H,29,34)(H2,30,31,33)/t21-,22+,23?,24-,25-,26-/m0/s1. The summed E-state index contributed by atoms with van der Waals surface area (Å²) in [5.74, 6) is 9.51. The molecule has 3 amide bonds. The van der Waals surface area contributed by atoms with Crippen LogP contribution in [0.15, 0.2) is 0 Å². The van der Waals surface area contributed by atoms with Crippen molar-refractivity contribution < 1.29 is 28.6 Å². The first-order chi connectivity index (χ1) is 18.6. The monoisotopic (exact) mass is 549 g/mol. The Morgan fingerprint density at radius 2 is 1.68 bits per heavy atom. The number of hydrogen-bond acceptors (Lipinski definition) is 7. The van der Waals surface area contributed by atoms with Crippen molar-refractivity contribution in [2.24, 2.45) is 17.8 Å². The highest BCUT2D eigenvalue weighted by molar-refractivity contribution is 8.00. The number of hydrogen-bond donors (Lipinski definition) is 3. The molecule has 10 heteroatoms. The van der Waals surface area contributed by atoms with Crippen molar-refractivity contribution in [1.82, 2.24) is 16.0 Å². The van der Waals surface area contributed by atoms with E-state index in [1.807, 2.05) is 11.8 Å². The highest BCUT2D eigenvalue weighted by Crippen LogP contribution is 2.52. The predicted molar refractivity (Wildman–Crippen MR) is 146 cm³/mol. The lowest BCUT2D eigenvalue weighted by Gasteiger charge is -2.16. The Bertz CT molecular complexity index is 843. The third kappa shape index (κ3) is 9.35. The van der Waals surface area contributed by atoms with Crippen LogP contribution in [0.2, 0.25) is 0 Å². The zero-order chi connectivity index (χ0) is 26.6. The lowest BCUT2D eigenvalue weighted by molar-refractivity contribution is -0.119. The number of urea groups is 1. The van der Waals surface area contributed by atoms with Crippen LogP contribution in [0.4, 0.5) is 9.59 Å². The number of rotatable bonds is 17. The van der Waals surface area contributed by atoms with Crippen LogP contribution in [0.25, 0.3) is 0 Å². The number of ether oxygens (including phenoxy) is 3. The second kappa shape index (κ2) is 15.6. The van der Waals surface area contributed by atoms with Gasteiger partial charge in [-0.05, 0) is 49.9 Å². The highest BCUT2D eigenvalue weighted by Gasteiger charge is 2.49. The summed E-state index contributed by atoms with van der Waals surface area (Å²) in [6.07, 6.45) is 8.65. The zero-order valence-corrected chi connectivity index (χ0v) is 23.2. The molecule has 0 bridgehead atoms. The number of carbonyl (C=O) groups excluding carboxylic acids is 3. The van der Waals surface area contributed by atoms with E-state index in [2.05, 4.69) is 27.8 Å². The minimum absolute atomic E-state index is 0.0495. The van der Waals surface area contributed by atoms with Crippen molar-refractivity contribution in [1.29, 1.82) is 0 Å². The molecular weight excluding hydrogens is 506 g/mol. The van der Waals surface area contributed by atoms with Crippen molar-refractivity contribution >= 4 is 29.7 Å². The molecule has 0 radical (unpaired) electrons. The van der Waals surface area contributed by atoms with E-state index in [4.69, 9.17) is 14.2 Å². The first-order valence-corrected chi connectivity index (χ1v) is 15.4. The lowest BCUT2D eigenvalue weighted by Crippen LogP contribution is -2.36. The second-order valence-electron chi connectivity index (χ2n) is 10.7. The average Bonchev–Trinajstić information content (AvgIpc) is 3.16. The molecular formula is C28H43N3O6S. The summed E-state index contributed by atoms with van der Waals surface area (Å²) in [5.41, 5.74) is 0. The number of alkyl carbamates (subject to hydrolysis) is 1. The van der Waals surface area contributed by atoms with Gasteiger partial charge in [-0.15, -0.1) is 11.8 Å². The molecule has 9 nitrogen and oxygen atoms in total. The molecule has 1 unspecified atom stereocenters. The van der Waals surface area contributed by atoms with Gasteiger partial charge in [0.15, 0.2) is 0 Å². The van der Waals surface area contributed by atoms with E-state index in [0.717, 1.165) is 57.1 Å². The van der Waals surface area contributed by atoms with Crippen molar-refractivity contribution in [2.75, 3.05) is 45.3 Å². The molecule has 0 spiro atoms. The molecule has 212 valence electrons. The van der Waals surface area contributed by atoms with Crippen molar-refractivity contribution in [3.63, 3.8) is 0 Å². The molecule has 2 heterocycles. The molecule has 3 N–H and O–H groups in total. The Balaban J connectivity index is 0.881. The quantitative estimate of drug-likeness (QED) is 0.145. The average molecular weight is 550 g/mol. The molecule has 0 aromatic carbocycles. The van der Waals surface area contributed by atoms with Crippen molar-refractivity contribution in [3.8, 4) is 11.8 Å². The minimum Gasteiger partial charge on any atom is -0.449 e. The molecule has 4 aliphatic rings. The van der Waals surface area contributed by atoms with Gasteiger partial charge < -0.3 is 30.2 Å². The number of ketones is 1. The Morgan fingerprint density at radius 3 is 2.47 bits per heavy atom. The molecule has 1 saturated carbocycles. The van der Waals surface area contributed by atoms with E-state index in [9.17, 15) is 14.4 Å². The summed E-state index contributed by atoms with van der Waals surface area (Å²) in [7, 11) is 0. The fourth-order valence-electron chi connectivity index (χ4n) is 5.86. The summed E-state index contributed by atoms with van der Waals surface area (Å²) >= 11 is 1.92. The summed E-state index contributed by atoms with van der Waals surface area (Å²) in [4.78, 5) is 35.4. The Labute approximate surface area is 230 Å². The van der Waals surface area contributed by atoms with Gasteiger partial charge in [-0.25, -0.2) is 9.59 Å². The molecule has 6 atom stereocenters. The molecule has 38 heavy (non-hydrogen) atoms. The van der Waals surface area contributed by atoms with Crippen LogP contribution in [0.5, 0.6) is 0 Å². The van der Waals surface area contributed by atoms with Gasteiger partial charge in [0.05, 0.1) is 38.5 Å². The molecule has 2 saturated heterocycles. The van der Waals surface area contributed by atoms with E-state index in [1.54, 1.807) is 0 Å². The Hall–Kier alpha value is -1.96. The SMILES string of the molecule is O=C(CCCC[C@@H]1SC[C@@H]2NC(=O)N[C@@H]21)CCCOCCOCCNC(=O)OCC1[C@H]2CCC#CCC[C@@H]12. The van der Waals surface area contributed by atoms with Gasteiger partial charge in [0.2, 0.25) is 0 Å². The van der Waals surface area contributed by atoms with Crippen LogP contribution < -0.4 is 16.0 Å². The van der Waals surface area contributed by atoms with Crippen LogP contribution in [-0.4, -0.2) is 80.6 Å². The van der Waals surface area contributed by atoms with Crippen LogP contribution in [0.3, 0.4) is 0 Å². The number of unbranched alkanes of at least 4 members (excludes halogenated alkanes) is 1. The largest absolute Gasteiger partial charge is 0.449 e. The van der Waals surface area contributed by atoms with Crippen LogP contribution in [-0.2, 0) is 19.0 Å². The van der Waals surface area contributed by atoms with E-state index in [-0.39, 0.29) is 30.0 Å². The normalized spacial score (nSPS) is 29.0. The predicted octanol–water partition coefficient (Wildman–Crippen LogP) is 3.26. The molecule has 2 aliphatic heterocycles. The number of Topliss-reactive ketones (excluding diaryl/α,β-unsaturated/α-hetero) is 1. The topological polar surface area (TPSA) is 115 Å². The number of amides is 3. The fourth-order valence-corrected chi connectivity index (χ4v) is 7.40. The first-order valence-electron chi connectivity index (χ1n) is 14.3. The summed E-state index contributed by atoms with van der Waals surface area (Å²) in [6, 6.07) is 0.452. The number of fused-ring (bicyclic) bond motifs is 2. The van der Waals surface area contributed by atoms with Crippen molar-refractivity contribution in [2.45, 2.75) is 81.5 Å². The number of carbonyl (C=O) groups is 3. The van der Waals surface area contributed by atoms with Gasteiger partial charge in [-0.1, -0.05) is 6.42 Å². The summed E-state index contributed by atoms with van der Waals surface area (Å²) in [5, 5.41) is 9.16. The second-order valence-corrected chi connectivity index (χ2v) is 12.0. The van der Waals surface area contributed by atoms with Gasteiger partial charge in [-0.3, -0.25) is 4.79 Å². The highest BCUT2D eigenvalue weighted by atomic mass is 32.2. The van der Waals surface area contributed by atoms with E-state index in [0.29, 0.717) is 75.4 Å². The molecule has 3 fully saturated rings. The lowest BCUT2D eigenvalue weighted by atomic mass is 10.0. The van der Waals surface area contributed by atoms with Crippen molar-refractivity contribution in [3.05, 3.63) is 0 Å². The maximum atomic E-state index is 12.1. The first kappa shape index (κ1) is 29.0. The van der Waals surface area contributed by atoms with Gasteiger partial charge in [0, 0.05) is 49.8 Å². The Kier molecular flexibility index (Phi) is 11.9. The molecule has 0 aromatic rings. The summed E-state index contributed by atoms with van der Waals surface area (Å²) in [6.45, 7) is 2.78. The van der Waals surface area contributed by atoms with Crippen LogP contribution in [0.1, 0.15) is 64.2 Å². The third-order valence-electron chi connectivity index (χ3n) is 8.01. The zero-order valence-electron chi connectivity index (χ0n) is 22.3. The maximum absolute atomic E-state index is 12.1. The van der Waals surface area contributed by atoms with E-state index >= 15 is 0 Å². The van der Waals surface area contributed by atoms with Crippen LogP contribution >= 0.6 is 11.8 Å². The molecule has 2 aliphatic carbocycles. The van der Waals surface area contributed by atoms with E-state index < -0.39 is 0 Å². The number of nitrogens with one attached hydrogen (secondary N) is 3. The summed E-state index contributed by atoms with van der Waals surface area (Å²) < 4.78 is 16.4. The number of thioether (sulfide) groups is 1. The van der Waals surface area contributed by atoms with E-state index in [1.165, 1.54) is 0 Å². The van der Waals surface area contributed by atoms with Gasteiger partial charge in [-0.2, -0.15) is 11.8 Å². The minimum atomic E-state index is -0.379. The van der Waals surface area contributed by atoms with Gasteiger partial charge in [0.25, 0.3) is 0 Å². The van der Waals surface area contributed by atoms with Gasteiger partial charge in [0.1, 0.15) is 5.78 Å². The van der Waals surface area contributed by atoms with Crippen LogP contribution in [0, 0.1) is 29.6 Å². The molecule has 0 aromatic heterocycles. The maximum Gasteiger partial charge on any atom is 0.407 e. The fraction of sp³-hybridized carbons (Fsp3) is 0.821. The molecule has 4 rings (SSSR count). The van der Waals surface area contributed by atoms with Gasteiger partial charge >= 0.3 is 12.1 Å². The smallest absolute Gasteiger partial charge is 0.407 e. The Morgan fingerprint density at radius 1 is 0.947 bits per heavy atom.